The van der Waals surface area contributed by atoms with Crippen molar-refractivity contribution in [1.29, 1.82) is 0 Å². The molecule has 0 spiro atoms. The molecular weight excluding hydrogens is 599 g/mol. The average Bonchev–Trinajstić information content (AvgIpc) is 3.30. The molecule has 0 saturated carbocycles. The van der Waals surface area contributed by atoms with Gasteiger partial charge in [-0.3, -0.25) is 26.1 Å². The number of nitrogens with two attached hydrogens (primary N) is 2. The van der Waals surface area contributed by atoms with Gasteiger partial charge < -0.3 is 32.2 Å². The summed E-state index contributed by atoms with van der Waals surface area (Å²) in [6.07, 6.45) is 2.98. The first-order valence-corrected chi connectivity index (χ1v) is 14.3. The van der Waals surface area contributed by atoms with E-state index in [1.807, 2.05) is 24.5 Å². The Morgan fingerprint density at radius 1 is 1.20 bits per heavy atom. The SMILES string of the molecule is CC.CCC(N)=O.CCCCc1nc2c(N)nc3cc[c-]cc3c2n1Cc1cc(O)ccc1OP(=O)(O)O.[CH-]=C.[Zn+2]. The van der Waals surface area contributed by atoms with E-state index < -0.39 is 7.82 Å². The summed E-state index contributed by atoms with van der Waals surface area (Å²) in [7, 11) is -4.79. The van der Waals surface area contributed by atoms with E-state index >= 15 is 0 Å². The predicted molar refractivity (Wildman–Crippen MR) is 158 cm³/mol. The maximum Gasteiger partial charge on any atom is 2.00 e. The number of imidazole rings is 1. The van der Waals surface area contributed by atoms with Crippen LogP contribution in [0.4, 0.5) is 5.82 Å². The molecule has 0 radical (unpaired) electrons. The smallest absolute Gasteiger partial charge is 0.521 e. The number of carbonyl (C=O) groups excluding carboxylic acids is 1. The zero-order valence-electron chi connectivity index (χ0n) is 24.0. The first-order chi connectivity index (χ1) is 19.0. The van der Waals surface area contributed by atoms with Gasteiger partial charge in [-0.2, -0.15) is 18.2 Å². The fourth-order valence-corrected chi connectivity index (χ4v) is 4.05. The molecule has 2 aromatic heterocycles. The van der Waals surface area contributed by atoms with Crippen molar-refractivity contribution in [2.24, 2.45) is 5.73 Å². The number of pyridine rings is 1. The summed E-state index contributed by atoms with van der Waals surface area (Å²) in [6.45, 7) is 15.0. The first-order valence-electron chi connectivity index (χ1n) is 12.7. The number of aromatic nitrogens is 3. The van der Waals surface area contributed by atoms with Crippen LogP contribution in [-0.2, 0) is 41.8 Å². The van der Waals surface area contributed by atoms with Crippen LogP contribution in [0, 0.1) is 12.6 Å². The molecule has 0 saturated heterocycles. The molecule has 0 aliphatic heterocycles. The Morgan fingerprint density at radius 3 is 2.39 bits per heavy atom. The molecule has 11 nitrogen and oxygen atoms in total. The number of rotatable bonds is 8. The topological polar surface area (TPSA) is 187 Å². The molecule has 218 valence electrons. The number of anilines is 1. The zero-order valence-corrected chi connectivity index (χ0v) is 27.9. The van der Waals surface area contributed by atoms with Gasteiger partial charge in [-0.25, -0.2) is 9.55 Å². The van der Waals surface area contributed by atoms with Crippen molar-refractivity contribution in [2.75, 3.05) is 5.73 Å². The molecule has 0 bridgehead atoms. The number of phosphoric acid groups is 1. The van der Waals surface area contributed by atoms with Crippen molar-refractivity contribution in [3.05, 3.63) is 67.0 Å². The van der Waals surface area contributed by atoms with Gasteiger partial charge in [0.2, 0.25) is 5.91 Å². The molecular formula is C28H38N5O6PZn. The number of primary amides is 1. The molecule has 13 heteroatoms. The van der Waals surface area contributed by atoms with Crippen LogP contribution in [0.25, 0.3) is 21.9 Å². The summed E-state index contributed by atoms with van der Waals surface area (Å²) in [6, 6.07) is 12.5. The van der Waals surface area contributed by atoms with Crippen molar-refractivity contribution in [1.82, 2.24) is 14.5 Å². The number of nitrogens with zero attached hydrogens (tertiary/aromatic N) is 3. The Kier molecular flexibility index (Phi) is 16.7. The van der Waals surface area contributed by atoms with Gasteiger partial charge in [0.05, 0.1) is 6.54 Å². The number of aromatic hydroxyl groups is 1. The van der Waals surface area contributed by atoms with Crippen molar-refractivity contribution in [3.8, 4) is 11.5 Å². The summed E-state index contributed by atoms with van der Waals surface area (Å²) in [5.41, 5.74) is 13.2. The Labute approximate surface area is 253 Å². The van der Waals surface area contributed by atoms with Crippen molar-refractivity contribution in [2.45, 2.75) is 59.9 Å². The van der Waals surface area contributed by atoms with E-state index in [0.717, 1.165) is 29.6 Å². The second-order valence-electron chi connectivity index (χ2n) is 8.05. The molecule has 0 aliphatic carbocycles. The van der Waals surface area contributed by atoms with Crippen molar-refractivity contribution in [3.63, 3.8) is 0 Å². The Hall–Kier alpha value is -3.30. The van der Waals surface area contributed by atoms with E-state index in [1.165, 1.54) is 18.2 Å². The third kappa shape index (κ3) is 10.9. The van der Waals surface area contributed by atoms with Crippen molar-refractivity contribution >= 4 is 41.5 Å². The van der Waals surface area contributed by atoms with E-state index in [4.69, 9.17) is 15.2 Å². The van der Waals surface area contributed by atoms with Crippen LogP contribution < -0.4 is 16.0 Å². The molecule has 2 heterocycles. The fourth-order valence-electron chi connectivity index (χ4n) is 3.62. The van der Waals surface area contributed by atoms with E-state index in [9.17, 15) is 24.3 Å². The second kappa shape index (κ2) is 18.2. The number of amides is 1. The summed E-state index contributed by atoms with van der Waals surface area (Å²) in [5, 5.41) is 10.8. The number of carbonyl (C=O) groups is 1. The number of phenols is 1. The van der Waals surface area contributed by atoms with E-state index in [-0.39, 0.29) is 43.4 Å². The number of benzene rings is 2. The number of hydrogen-bond donors (Lipinski definition) is 5. The van der Waals surface area contributed by atoms with E-state index in [1.54, 1.807) is 19.1 Å². The van der Waals surface area contributed by atoms with Gasteiger partial charge in [0.25, 0.3) is 0 Å². The summed E-state index contributed by atoms with van der Waals surface area (Å²) >= 11 is 0. The number of hydrogen-bond acceptors (Lipinski definition) is 7. The molecule has 0 aliphatic rings. The molecule has 41 heavy (non-hydrogen) atoms. The van der Waals surface area contributed by atoms with Crippen LogP contribution in [0.3, 0.4) is 0 Å². The number of phenolic OH excluding ortho intramolecular Hbond substituents is 1. The minimum atomic E-state index is -4.79. The summed E-state index contributed by atoms with van der Waals surface area (Å²) in [4.78, 5) is 37.3. The van der Waals surface area contributed by atoms with Gasteiger partial charge in [0.15, 0.2) is 0 Å². The van der Waals surface area contributed by atoms with Crippen LogP contribution >= 0.6 is 7.82 Å². The maximum absolute atomic E-state index is 11.4. The predicted octanol–water partition coefficient (Wildman–Crippen LogP) is 5.05. The average molecular weight is 637 g/mol. The Balaban J connectivity index is 0.00000142. The summed E-state index contributed by atoms with van der Waals surface area (Å²) in [5.74, 6) is 0.740. The molecule has 0 atom stereocenters. The van der Waals surface area contributed by atoms with Crippen molar-refractivity contribution < 1.29 is 48.3 Å². The van der Waals surface area contributed by atoms with Gasteiger partial charge in [-0.15, -0.1) is 6.07 Å². The van der Waals surface area contributed by atoms with E-state index in [0.29, 0.717) is 35.3 Å². The van der Waals surface area contributed by atoms with Gasteiger partial charge in [-0.05, 0) is 30.1 Å². The number of nitrogen functional groups attached to an aromatic ring is 1. The molecule has 1 amide bonds. The monoisotopic (exact) mass is 635 g/mol. The van der Waals surface area contributed by atoms with E-state index in [2.05, 4.69) is 36.9 Å². The van der Waals surface area contributed by atoms with Crippen LogP contribution in [0.1, 0.15) is 58.3 Å². The van der Waals surface area contributed by atoms with Gasteiger partial charge in [0.1, 0.15) is 28.7 Å². The Morgan fingerprint density at radius 2 is 1.83 bits per heavy atom. The maximum atomic E-state index is 11.4. The second-order valence-corrected chi connectivity index (χ2v) is 9.21. The van der Waals surface area contributed by atoms with Crippen LogP contribution in [0.2, 0.25) is 0 Å². The normalized spacial score (nSPS) is 10.2. The summed E-state index contributed by atoms with van der Waals surface area (Å²) < 4.78 is 18.2. The third-order valence-electron chi connectivity index (χ3n) is 5.32. The Bertz CT molecular complexity index is 1460. The van der Waals surface area contributed by atoms with Crippen LogP contribution in [0.5, 0.6) is 11.5 Å². The third-order valence-corrected chi connectivity index (χ3v) is 5.75. The standard InChI is InChI=1S/C21H22N4O5P.C3H7NO.C2H6.C2H3.Zn/c1-2-3-8-18-24-19-20(15-6-4-5-7-16(15)23-21(19)22)25(18)12-13-11-14(26)9-10-17(13)30-31(27,28)29;1-2-3(4)5;2*1-2;/h5-7,9-11,26H,2-3,8,12H2,1H3,(H2,22,23)(H2,27,28,29);2H2,1H3,(H2,4,5);1-2H3;1H,2H2;/q-1;;;-1;+2. The number of fused-ring (bicyclic) bond motifs is 3. The first kappa shape index (κ1) is 37.7. The quantitative estimate of drug-likeness (QED) is 0.100. The number of aryl methyl sites for hydroxylation is 1. The molecule has 4 aromatic rings. The van der Waals surface area contributed by atoms with Crippen LogP contribution in [0.15, 0.2) is 43.0 Å². The number of unbranched alkanes of at least 4 members (excludes halogenated alkanes) is 1. The minimum Gasteiger partial charge on any atom is -0.521 e. The molecule has 0 unspecified atom stereocenters. The minimum absolute atomic E-state index is 0. The molecule has 2 aromatic carbocycles. The molecule has 0 fully saturated rings. The molecule has 4 rings (SSSR count). The number of phosphoric ester groups is 1. The largest absolute Gasteiger partial charge is 2.00 e. The van der Waals surface area contributed by atoms with Gasteiger partial charge in [-0.1, -0.05) is 39.5 Å². The van der Waals surface area contributed by atoms with Gasteiger partial charge in [0, 0.05) is 23.9 Å². The van der Waals surface area contributed by atoms with Gasteiger partial charge >= 0.3 is 27.3 Å². The zero-order chi connectivity index (χ0) is 30.5. The van der Waals surface area contributed by atoms with Crippen LogP contribution in [-0.4, -0.2) is 35.3 Å². The molecule has 7 N–H and O–H groups in total. The fraction of sp³-hybridized carbons (Fsp3) is 0.321.